The molecule has 32 heavy (non-hydrogen) atoms. The monoisotopic (exact) mass is 453 g/mol. The van der Waals surface area contributed by atoms with Gasteiger partial charge in [-0.2, -0.15) is 0 Å². The third kappa shape index (κ3) is 3.04. The number of carbonyl (C=O) groups is 2. The van der Waals surface area contributed by atoms with Gasteiger partial charge in [0, 0.05) is 29.2 Å². The Morgan fingerprint density at radius 3 is 2.66 bits per heavy atom. The van der Waals surface area contributed by atoms with Crippen molar-refractivity contribution in [3.8, 4) is 0 Å². The van der Waals surface area contributed by atoms with Crippen LogP contribution in [0, 0.1) is 5.82 Å². The highest BCUT2D eigenvalue weighted by atomic mass is 32.1. The molecule has 5 rings (SSSR count). The molecule has 3 atom stereocenters. The Kier molecular flexibility index (Phi) is 5.01. The quantitative estimate of drug-likeness (QED) is 0.384. The number of halogens is 1. The van der Waals surface area contributed by atoms with Crippen LogP contribution >= 0.6 is 11.3 Å². The summed E-state index contributed by atoms with van der Waals surface area (Å²) in [5, 5.41) is 6.97. The third-order valence-electron chi connectivity index (χ3n) is 6.45. The van der Waals surface area contributed by atoms with E-state index in [0.29, 0.717) is 43.9 Å². The topological polar surface area (TPSA) is 136 Å². The molecular weight excluding hydrogens is 429 g/mol. The molecule has 0 saturated carbocycles. The van der Waals surface area contributed by atoms with E-state index in [1.165, 1.54) is 35.6 Å². The van der Waals surface area contributed by atoms with Crippen LogP contribution in [0.15, 0.2) is 36.4 Å². The van der Waals surface area contributed by atoms with E-state index >= 15 is 0 Å². The summed E-state index contributed by atoms with van der Waals surface area (Å²) in [4.78, 5) is 27.2. The molecule has 0 spiro atoms. The molecule has 2 aliphatic rings. The lowest BCUT2D eigenvalue weighted by Gasteiger charge is -2.36. The van der Waals surface area contributed by atoms with Gasteiger partial charge < -0.3 is 27.8 Å². The minimum absolute atomic E-state index is 0.00816. The molecule has 1 aliphatic heterocycles. The van der Waals surface area contributed by atoms with Gasteiger partial charge in [0.05, 0.1) is 15.6 Å². The lowest BCUT2D eigenvalue weighted by atomic mass is 9.70. The number of rotatable bonds is 3. The van der Waals surface area contributed by atoms with Crippen molar-refractivity contribution in [2.45, 2.75) is 30.5 Å². The fraction of sp³-hybridized carbons (Fsp3) is 0.304. The maximum Gasteiger partial charge on any atom is 0.262 e. The molecule has 2 heterocycles. The van der Waals surface area contributed by atoms with E-state index in [2.05, 4.69) is 10.6 Å². The van der Waals surface area contributed by atoms with Gasteiger partial charge in [-0.3, -0.25) is 9.59 Å². The van der Waals surface area contributed by atoms with Gasteiger partial charge in [0.1, 0.15) is 11.4 Å². The summed E-state index contributed by atoms with van der Waals surface area (Å²) in [6, 6.07) is 7.78. The number of amides is 1. The summed E-state index contributed by atoms with van der Waals surface area (Å²) < 4.78 is 14.2. The number of anilines is 1. The van der Waals surface area contributed by atoms with E-state index in [9.17, 15) is 14.0 Å². The maximum absolute atomic E-state index is 13.6. The number of nitrogens with two attached hydrogens (primary N) is 3. The van der Waals surface area contributed by atoms with E-state index in [-0.39, 0.29) is 11.9 Å². The average Bonchev–Trinajstić information content (AvgIpc) is 3.20. The average molecular weight is 454 g/mol. The lowest BCUT2D eigenvalue weighted by molar-refractivity contribution is -0.124. The molecule has 3 aromatic rings. The summed E-state index contributed by atoms with van der Waals surface area (Å²) in [7, 11) is 0. The third-order valence-corrected chi connectivity index (χ3v) is 7.70. The van der Waals surface area contributed by atoms with Crippen LogP contribution in [-0.2, 0) is 10.3 Å². The summed E-state index contributed by atoms with van der Waals surface area (Å²) in [5.74, 6) is -1.15. The first-order chi connectivity index (χ1) is 15.3. The second-order valence-corrected chi connectivity index (χ2v) is 9.45. The van der Waals surface area contributed by atoms with Crippen LogP contribution in [-0.4, -0.2) is 30.8 Å². The Balaban J connectivity index is 1.69. The minimum atomic E-state index is -1.58. The first kappa shape index (κ1) is 21.0. The summed E-state index contributed by atoms with van der Waals surface area (Å²) in [5.41, 5.74) is 19.7. The first-order valence-corrected chi connectivity index (χ1v) is 11.4. The Morgan fingerprint density at radius 1 is 1.22 bits per heavy atom. The molecule has 3 unspecified atom stereocenters. The summed E-state index contributed by atoms with van der Waals surface area (Å²) >= 11 is 1.22. The van der Waals surface area contributed by atoms with Gasteiger partial charge in [-0.15, -0.1) is 11.3 Å². The smallest absolute Gasteiger partial charge is 0.262 e. The van der Waals surface area contributed by atoms with E-state index in [1.807, 2.05) is 0 Å². The molecule has 2 aromatic carbocycles. The summed E-state index contributed by atoms with van der Waals surface area (Å²) in [6.07, 6.45) is 1.86. The van der Waals surface area contributed by atoms with Crippen LogP contribution in [0.5, 0.6) is 0 Å². The number of nitrogen functional groups attached to an aromatic ring is 1. The van der Waals surface area contributed by atoms with Crippen LogP contribution in [0.1, 0.15) is 45.2 Å². The molecule has 1 aromatic heterocycles. The fourth-order valence-corrected chi connectivity index (χ4v) is 5.99. The molecule has 9 heteroatoms. The van der Waals surface area contributed by atoms with Crippen LogP contribution in [0.3, 0.4) is 0 Å². The number of nitrogens with one attached hydrogen (secondary N) is 2. The van der Waals surface area contributed by atoms with Crippen LogP contribution in [0.25, 0.3) is 10.1 Å². The zero-order valence-electron chi connectivity index (χ0n) is 17.3. The van der Waals surface area contributed by atoms with E-state index in [1.54, 1.807) is 12.1 Å². The van der Waals surface area contributed by atoms with Crippen LogP contribution in [0.4, 0.5) is 10.1 Å². The number of thiophene rings is 1. The Labute approximate surface area is 188 Å². The summed E-state index contributed by atoms with van der Waals surface area (Å²) in [6.45, 7) is 1.63. The molecule has 8 N–H and O–H groups in total. The predicted molar refractivity (Wildman–Crippen MR) is 123 cm³/mol. The Morgan fingerprint density at radius 2 is 1.97 bits per heavy atom. The largest absolute Gasteiger partial charge is 0.398 e. The molecule has 0 bridgehead atoms. The highest BCUT2D eigenvalue weighted by Gasteiger charge is 2.48. The lowest BCUT2D eigenvalue weighted by Crippen LogP contribution is -2.52. The van der Waals surface area contributed by atoms with Gasteiger partial charge >= 0.3 is 0 Å². The SMILES string of the molecule is Nc1ccc2c3c(c(C(=O)NC4CCCNC4)sc13)C(N)C(=O)C2(N)c1ccc(F)cc1. The van der Waals surface area contributed by atoms with Crippen LogP contribution in [0.2, 0.25) is 0 Å². The Hall–Kier alpha value is -2.85. The normalized spacial score (nSPS) is 25.2. The molecule has 0 radical (unpaired) electrons. The predicted octanol–water partition coefficient (Wildman–Crippen LogP) is 1.89. The molecule has 166 valence electrons. The number of hydrogen-bond acceptors (Lipinski definition) is 7. The molecular formula is C23H24FN5O2S. The van der Waals surface area contributed by atoms with Crippen molar-refractivity contribution in [3.05, 3.63) is 63.8 Å². The number of benzene rings is 2. The Bertz CT molecular complexity index is 1240. The van der Waals surface area contributed by atoms with E-state index in [0.717, 1.165) is 19.4 Å². The van der Waals surface area contributed by atoms with Gasteiger partial charge in [-0.1, -0.05) is 18.2 Å². The number of carbonyl (C=O) groups excluding carboxylic acids is 2. The highest BCUT2D eigenvalue weighted by molar-refractivity contribution is 7.21. The van der Waals surface area contributed by atoms with Crippen molar-refractivity contribution in [2.24, 2.45) is 11.5 Å². The standard InChI is InChI=1S/C23H24FN5O2S/c24-12-5-3-11(4-6-12)23(27)14-7-8-15(25)19-16(14)17(18(26)21(23)30)20(32-19)22(31)29-13-2-1-9-28-10-13/h3-8,13,18,28H,1-2,9-10,25-27H2,(H,29,31). The number of hydrogen-bond donors (Lipinski definition) is 5. The fourth-order valence-electron chi connectivity index (χ4n) is 4.79. The zero-order chi connectivity index (χ0) is 22.6. The van der Waals surface area contributed by atoms with Gasteiger partial charge in [0.25, 0.3) is 5.91 Å². The van der Waals surface area contributed by atoms with Crippen molar-refractivity contribution in [3.63, 3.8) is 0 Å². The van der Waals surface area contributed by atoms with Crippen molar-refractivity contribution < 1.29 is 14.0 Å². The van der Waals surface area contributed by atoms with Crippen molar-refractivity contribution in [1.82, 2.24) is 10.6 Å². The van der Waals surface area contributed by atoms with Gasteiger partial charge in [0.2, 0.25) is 0 Å². The minimum Gasteiger partial charge on any atom is -0.398 e. The van der Waals surface area contributed by atoms with E-state index < -0.39 is 23.2 Å². The van der Waals surface area contributed by atoms with Gasteiger partial charge in [-0.05, 0) is 48.7 Å². The number of piperidine rings is 1. The van der Waals surface area contributed by atoms with Crippen molar-refractivity contribution in [2.75, 3.05) is 18.8 Å². The molecule has 7 nitrogen and oxygen atoms in total. The highest BCUT2D eigenvalue weighted by Crippen LogP contribution is 2.49. The van der Waals surface area contributed by atoms with Gasteiger partial charge in [-0.25, -0.2) is 4.39 Å². The second kappa shape index (κ2) is 7.63. The van der Waals surface area contributed by atoms with E-state index in [4.69, 9.17) is 17.2 Å². The van der Waals surface area contributed by atoms with Crippen molar-refractivity contribution in [1.29, 1.82) is 0 Å². The van der Waals surface area contributed by atoms with Crippen LogP contribution < -0.4 is 27.8 Å². The molecule has 1 fully saturated rings. The molecule has 1 aliphatic carbocycles. The zero-order valence-corrected chi connectivity index (χ0v) is 18.1. The second-order valence-electron chi connectivity index (χ2n) is 8.42. The number of ketones is 1. The van der Waals surface area contributed by atoms with Gasteiger partial charge in [0.15, 0.2) is 5.78 Å². The number of Topliss-reactive ketones (excluding diaryl/α,β-unsaturated/α-hetero) is 1. The first-order valence-electron chi connectivity index (χ1n) is 10.5. The molecule has 1 amide bonds. The maximum atomic E-state index is 13.6. The molecule has 1 saturated heterocycles. The van der Waals surface area contributed by atoms with Crippen molar-refractivity contribution >= 4 is 38.8 Å².